The first-order valence-corrected chi connectivity index (χ1v) is 5.21. The van der Waals surface area contributed by atoms with Crippen LogP contribution in [-0.4, -0.2) is 17.7 Å². The molecule has 0 heterocycles. The van der Waals surface area contributed by atoms with Crippen LogP contribution in [-0.2, 0) is 19.1 Å². The van der Waals surface area contributed by atoms with Gasteiger partial charge in [0.25, 0.3) is 5.79 Å². The summed E-state index contributed by atoms with van der Waals surface area (Å²) in [6.45, 7) is 3.37. The van der Waals surface area contributed by atoms with Crippen LogP contribution in [0.25, 0.3) is 0 Å². The summed E-state index contributed by atoms with van der Waals surface area (Å²) in [5.74, 6) is -2.87. The molecule has 6 nitrogen and oxygen atoms in total. The molecule has 0 saturated carbocycles. The molecule has 0 aromatic carbocycles. The third kappa shape index (κ3) is 4.98. The average Bonchev–Trinajstić information content (AvgIpc) is 2.28. The van der Waals surface area contributed by atoms with Crippen LogP contribution in [0.1, 0.15) is 39.5 Å². The minimum absolute atomic E-state index is 0.262. The van der Waals surface area contributed by atoms with Gasteiger partial charge < -0.3 is 9.47 Å². The van der Waals surface area contributed by atoms with E-state index in [1.807, 2.05) is 0 Å². The highest BCUT2D eigenvalue weighted by Crippen LogP contribution is 2.23. The molecular weight excluding hydrogens is 224 g/mol. The third-order valence-corrected chi connectivity index (χ3v) is 2.12. The fraction of sp³-hybridized carbons (Fsp3) is 0.636. The van der Waals surface area contributed by atoms with E-state index in [1.54, 1.807) is 26.0 Å². The highest BCUT2D eigenvalue weighted by Gasteiger charge is 2.34. The van der Waals surface area contributed by atoms with Crippen LogP contribution in [0.3, 0.4) is 0 Å². The van der Waals surface area contributed by atoms with E-state index in [0.717, 1.165) is 0 Å². The summed E-state index contributed by atoms with van der Waals surface area (Å²) in [5.41, 5.74) is 0. The van der Waals surface area contributed by atoms with E-state index < -0.39 is 30.6 Å². The number of nitrogens with zero attached hydrogens (tertiary/aromatic N) is 2. The zero-order chi connectivity index (χ0) is 13.3. The number of hydrogen-bond acceptors (Lipinski definition) is 6. The molecule has 0 unspecified atom stereocenters. The largest absolute Gasteiger partial charge is 0.422 e. The Hall–Kier alpha value is -2.08. The van der Waals surface area contributed by atoms with Crippen molar-refractivity contribution in [1.82, 2.24) is 0 Å². The molecule has 0 amide bonds. The van der Waals surface area contributed by atoms with Crippen LogP contribution >= 0.6 is 0 Å². The van der Waals surface area contributed by atoms with E-state index in [1.165, 1.54) is 0 Å². The summed E-state index contributed by atoms with van der Waals surface area (Å²) in [6.07, 6.45) is -0.287. The number of rotatable bonds is 6. The van der Waals surface area contributed by atoms with Gasteiger partial charge in [0.05, 0.1) is 12.1 Å². The lowest BCUT2D eigenvalue weighted by Crippen LogP contribution is -2.39. The summed E-state index contributed by atoms with van der Waals surface area (Å²) in [7, 11) is 0. The molecule has 0 aliphatic rings. The molecule has 0 aliphatic heterocycles. The van der Waals surface area contributed by atoms with Gasteiger partial charge in [0.1, 0.15) is 12.8 Å². The van der Waals surface area contributed by atoms with Gasteiger partial charge in [-0.15, -0.1) is 0 Å². The van der Waals surface area contributed by atoms with Gasteiger partial charge in [0, 0.05) is 12.8 Å². The summed E-state index contributed by atoms with van der Waals surface area (Å²) in [4.78, 5) is 22.4. The van der Waals surface area contributed by atoms with E-state index >= 15 is 0 Å². The van der Waals surface area contributed by atoms with E-state index in [-0.39, 0.29) is 12.8 Å². The number of carbonyl (C=O) groups is 2. The molecule has 0 bridgehead atoms. The second-order valence-electron chi connectivity index (χ2n) is 3.24. The van der Waals surface area contributed by atoms with Gasteiger partial charge in [-0.1, -0.05) is 13.8 Å². The lowest BCUT2D eigenvalue weighted by Gasteiger charge is -2.30. The minimum Gasteiger partial charge on any atom is -0.422 e. The van der Waals surface area contributed by atoms with E-state index in [2.05, 4.69) is 0 Å². The van der Waals surface area contributed by atoms with Crippen LogP contribution in [0.4, 0.5) is 0 Å². The Kier molecular flexibility index (Phi) is 6.35. The average molecular weight is 238 g/mol. The van der Waals surface area contributed by atoms with Crippen LogP contribution < -0.4 is 0 Å². The molecule has 0 N–H and O–H groups in total. The van der Waals surface area contributed by atoms with Crippen LogP contribution in [0, 0.1) is 22.7 Å². The summed E-state index contributed by atoms with van der Waals surface area (Å²) >= 11 is 0. The summed E-state index contributed by atoms with van der Waals surface area (Å²) in [5, 5.41) is 16.7. The quantitative estimate of drug-likeness (QED) is 0.512. The number of carbonyl (C=O) groups excluding carboxylic acids is 2. The van der Waals surface area contributed by atoms with Gasteiger partial charge in [-0.2, -0.15) is 10.5 Å². The Morgan fingerprint density at radius 3 is 1.59 bits per heavy atom. The molecule has 0 atom stereocenters. The van der Waals surface area contributed by atoms with Crippen molar-refractivity contribution in [2.45, 2.75) is 45.3 Å². The van der Waals surface area contributed by atoms with Crippen molar-refractivity contribution in [2.24, 2.45) is 0 Å². The van der Waals surface area contributed by atoms with E-state index in [9.17, 15) is 9.59 Å². The van der Waals surface area contributed by atoms with Gasteiger partial charge in [-0.05, 0) is 0 Å². The van der Waals surface area contributed by atoms with Gasteiger partial charge >= 0.3 is 11.9 Å². The summed E-state index contributed by atoms with van der Waals surface area (Å²) in [6, 6.07) is 3.30. The van der Waals surface area contributed by atoms with Crippen molar-refractivity contribution in [2.75, 3.05) is 0 Å². The number of ether oxygens (including phenoxy) is 2. The molecule has 0 fully saturated rings. The van der Waals surface area contributed by atoms with Crippen molar-refractivity contribution < 1.29 is 19.1 Å². The SMILES string of the molecule is CCC(CC)(OC(=O)CC#N)OC(=O)CC#N. The Morgan fingerprint density at radius 2 is 1.35 bits per heavy atom. The Balaban J connectivity index is 4.68. The smallest absolute Gasteiger partial charge is 0.323 e. The lowest BCUT2D eigenvalue weighted by molar-refractivity contribution is -0.230. The fourth-order valence-corrected chi connectivity index (χ4v) is 1.18. The fourth-order valence-electron chi connectivity index (χ4n) is 1.18. The second kappa shape index (κ2) is 7.24. The maximum atomic E-state index is 11.2. The van der Waals surface area contributed by atoms with Crippen LogP contribution in [0.5, 0.6) is 0 Å². The number of esters is 2. The minimum atomic E-state index is -1.37. The first-order chi connectivity index (χ1) is 8.03. The van der Waals surface area contributed by atoms with Gasteiger partial charge in [0.2, 0.25) is 0 Å². The van der Waals surface area contributed by atoms with Crippen LogP contribution in [0.2, 0.25) is 0 Å². The maximum Gasteiger partial charge on any atom is 0.323 e. The van der Waals surface area contributed by atoms with Gasteiger partial charge in [0.15, 0.2) is 0 Å². The zero-order valence-electron chi connectivity index (χ0n) is 9.86. The first-order valence-electron chi connectivity index (χ1n) is 5.21. The lowest BCUT2D eigenvalue weighted by atomic mass is 10.1. The molecule has 92 valence electrons. The standard InChI is InChI=1S/C11H14N2O4/c1-3-11(4-2,16-9(14)5-7-12)17-10(15)6-8-13/h3-6H2,1-2H3. The third-order valence-electron chi connectivity index (χ3n) is 2.12. The molecular formula is C11H14N2O4. The van der Waals surface area contributed by atoms with E-state index in [4.69, 9.17) is 20.0 Å². The first kappa shape index (κ1) is 14.9. The van der Waals surface area contributed by atoms with Gasteiger partial charge in [-0.25, -0.2) is 0 Å². The second-order valence-corrected chi connectivity index (χ2v) is 3.24. The zero-order valence-corrected chi connectivity index (χ0v) is 9.86. The molecule has 0 radical (unpaired) electrons. The van der Waals surface area contributed by atoms with Crippen molar-refractivity contribution >= 4 is 11.9 Å². The molecule has 6 heteroatoms. The van der Waals surface area contributed by atoms with Crippen molar-refractivity contribution in [3.05, 3.63) is 0 Å². The molecule has 0 spiro atoms. The van der Waals surface area contributed by atoms with Crippen molar-refractivity contribution in [3.8, 4) is 12.1 Å². The predicted molar refractivity (Wildman–Crippen MR) is 56.0 cm³/mol. The normalized spacial score (nSPS) is 9.88. The number of hydrogen-bond donors (Lipinski definition) is 0. The Labute approximate surface area is 99.7 Å². The highest BCUT2D eigenvalue weighted by atomic mass is 16.7. The molecule has 0 aliphatic carbocycles. The Morgan fingerprint density at radius 1 is 1.00 bits per heavy atom. The predicted octanol–water partition coefficient (Wildman–Crippen LogP) is 1.42. The van der Waals surface area contributed by atoms with Crippen molar-refractivity contribution in [3.63, 3.8) is 0 Å². The molecule has 0 aromatic heterocycles. The summed E-state index contributed by atoms with van der Waals surface area (Å²) < 4.78 is 9.96. The molecule has 17 heavy (non-hydrogen) atoms. The Bertz CT molecular complexity index is 329. The van der Waals surface area contributed by atoms with Crippen molar-refractivity contribution in [1.29, 1.82) is 10.5 Å². The topological polar surface area (TPSA) is 100 Å². The monoisotopic (exact) mass is 238 g/mol. The van der Waals surface area contributed by atoms with Crippen LogP contribution in [0.15, 0.2) is 0 Å². The number of nitriles is 2. The highest BCUT2D eigenvalue weighted by molar-refractivity contribution is 5.74. The maximum absolute atomic E-state index is 11.2. The molecule has 0 saturated heterocycles. The van der Waals surface area contributed by atoms with Gasteiger partial charge in [-0.3, -0.25) is 9.59 Å². The van der Waals surface area contributed by atoms with E-state index in [0.29, 0.717) is 0 Å². The molecule has 0 aromatic rings. The molecule has 0 rings (SSSR count).